The van der Waals surface area contributed by atoms with Crippen molar-refractivity contribution in [3.8, 4) is 0 Å². The van der Waals surface area contributed by atoms with Crippen molar-refractivity contribution in [3.05, 3.63) is 30.1 Å². The van der Waals surface area contributed by atoms with Crippen molar-refractivity contribution in [2.75, 3.05) is 6.54 Å². The third-order valence-corrected chi connectivity index (χ3v) is 4.21. The molecule has 1 aliphatic heterocycles. The lowest BCUT2D eigenvalue weighted by Gasteiger charge is -2.27. The van der Waals surface area contributed by atoms with Crippen LogP contribution in [0.2, 0.25) is 0 Å². The first-order valence-electron chi connectivity index (χ1n) is 7.60. The van der Waals surface area contributed by atoms with Gasteiger partial charge in [-0.25, -0.2) is 4.98 Å². The highest BCUT2D eigenvalue weighted by Crippen LogP contribution is 2.20. The molecule has 112 valence electrons. The van der Waals surface area contributed by atoms with Crippen molar-refractivity contribution < 1.29 is 4.79 Å². The van der Waals surface area contributed by atoms with Crippen LogP contribution in [0.1, 0.15) is 32.3 Å². The van der Waals surface area contributed by atoms with Gasteiger partial charge in [-0.1, -0.05) is 6.07 Å². The lowest BCUT2D eigenvalue weighted by Crippen LogP contribution is -2.45. The molecule has 0 saturated carbocycles. The second-order valence-corrected chi connectivity index (χ2v) is 5.96. The van der Waals surface area contributed by atoms with Crippen molar-refractivity contribution >= 4 is 16.9 Å². The molecule has 2 N–H and O–H groups in total. The highest BCUT2D eigenvalue weighted by molar-refractivity contribution is 5.82. The van der Waals surface area contributed by atoms with Crippen molar-refractivity contribution in [1.82, 2.24) is 20.2 Å². The van der Waals surface area contributed by atoms with E-state index in [1.54, 1.807) is 6.33 Å². The highest BCUT2D eigenvalue weighted by atomic mass is 16.2. The predicted molar refractivity (Wildman–Crippen MR) is 82.8 cm³/mol. The van der Waals surface area contributed by atoms with E-state index in [0.29, 0.717) is 12.6 Å². The molecule has 0 aliphatic carbocycles. The van der Waals surface area contributed by atoms with Crippen LogP contribution in [0.15, 0.2) is 24.5 Å². The molecule has 1 fully saturated rings. The molecule has 5 nitrogen and oxygen atoms in total. The molecule has 1 amide bonds. The van der Waals surface area contributed by atoms with Crippen LogP contribution in [0, 0.1) is 0 Å². The summed E-state index contributed by atoms with van der Waals surface area (Å²) >= 11 is 0. The van der Waals surface area contributed by atoms with Crippen molar-refractivity contribution in [2.24, 2.45) is 0 Å². The third kappa shape index (κ3) is 2.93. The van der Waals surface area contributed by atoms with Gasteiger partial charge in [0.1, 0.15) is 0 Å². The van der Waals surface area contributed by atoms with Gasteiger partial charge in [0, 0.05) is 12.6 Å². The normalized spacial score (nSPS) is 19.5. The number of aromatic amines is 1. The molecular weight excluding hydrogens is 264 g/mol. The summed E-state index contributed by atoms with van der Waals surface area (Å²) in [6.45, 7) is 5.89. The zero-order chi connectivity index (χ0) is 14.8. The Morgan fingerprint density at radius 1 is 1.52 bits per heavy atom. The second kappa shape index (κ2) is 5.85. The summed E-state index contributed by atoms with van der Waals surface area (Å²) in [7, 11) is 0. The van der Waals surface area contributed by atoms with Crippen LogP contribution < -0.4 is 5.32 Å². The number of H-pyrrole nitrogens is 1. The van der Waals surface area contributed by atoms with Gasteiger partial charge in [0.15, 0.2) is 0 Å². The summed E-state index contributed by atoms with van der Waals surface area (Å²) in [5.41, 5.74) is 3.05. The van der Waals surface area contributed by atoms with E-state index in [2.05, 4.69) is 34.0 Å². The smallest absolute Gasteiger partial charge is 0.237 e. The molecule has 21 heavy (non-hydrogen) atoms. The Morgan fingerprint density at radius 3 is 3.19 bits per heavy atom. The number of imidazole rings is 1. The van der Waals surface area contributed by atoms with Crippen molar-refractivity contribution in [2.45, 2.75) is 45.3 Å². The van der Waals surface area contributed by atoms with E-state index in [4.69, 9.17) is 0 Å². The SMILES string of the molecule is CC(C)N1CCC[C@H]1C(=O)NCc1ccc2nc[nH]c2c1. The fourth-order valence-electron chi connectivity index (χ4n) is 3.09. The lowest BCUT2D eigenvalue weighted by molar-refractivity contribution is -0.126. The standard InChI is InChI=1S/C16H22N4O/c1-11(2)20-7-3-4-15(20)16(21)17-9-12-5-6-13-14(8-12)19-10-18-13/h5-6,8,10-11,15H,3-4,7,9H2,1-2H3,(H,17,21)(H,18,19)/t15-/m0/s1. The molecule has 0 radical (unpaired) electrons. The molecule has 0 unspecified atom stereocenters. The number of amides is 1. The zero-order valence-corrected chi connectivity index (χ0v) is 12.6. The van der Waals surface area contributed by atoms with Gasteiger partial charge in [0.2, 0.25) is 5.91 Å². The minimum Gasteiger partial charge on any atom is -0.351 e. The van der Waals surface area contributed by atoms with Gasteiger partial charge in [0.05, 0.1) is 23.4 Å². The number of hydrogen-bond acceptors (Lipinski definition) is 3. The molecule has 0 spiro atoms. The predicted octanol–water partition coefficient (Wildman–Crippen LogP) is 2.05. The van der Waals surface area contributed by atoms with Crippen LogP contribution in [0.5, 0.6) is 0 Å². The quantitative estimate of drug-likeness (QED) is 0.904. The Balaban J connectivity index is 1.62. The first-order valence-corrected chi connectivity index (χ1v) is 7.60. The van der Waals surface area contributed by atoms with Crippen LogP contribution in [0.3, 0.4) is 0 Å². The number of aromatic nitrogens is 2. The minimum atomic E-state index is 0.0286. The van der Waals surface area contributed by atoms with E-state index < -0.39 is 0 Å². The molecule has 1 aromatic heterocycles. The van der Waals surface area contributed by atoms with Gasteiger partial charge in [-0.3, -0.25) is 9.69 Å². The molecule has 1 saturated heterocycles. The van der Waals surface area contributed by atoms with Crippen molar-refractivity contribution in [1.29, 1.82) is 0 Å². The highest BCUT2D eigenvalue weighted by Gasteiger charge is 2.31. The summed E-state index contributed by atoms with van der Waals surface area (Å²) in [6.07, 6.45) is 3.76. The average Bonchev–Trinajstić information content (AvgIpc) is 3.12. The largest absolute Gasteiger partial charge is 0.351 e. The molecule has 2 heterocycles. The first-order chi connectivity index (χ1) is 10.1. The number of rotatable bonds is 4. The third-order valence-electron chi connectivity index (χ3n) is 4.21. The summed E-state index contributed by atoms with van der Waals surface area (Å²) < 4.78 is 0. The van der Waals surface area contributed by atoms with Crippen LogP contribution in [-0.2, 0) is 11.3 Å². The Kier molecular flexibility index (Phi) is 3.92. The van der Waals surface area contributed by atoms with Gasteiger partial charge < -0.3 is 10.3 Å². The van der Waals surface area contributed by atoms with Gasteiger partial charge in [0.25, 0.3) is 0 Å². The molecule has 1 aromatic carbocycles. The molecule has 0 bridgehead atoms. The lowest BCUT2D eigenvalue weighted by atomic mass is 10.1. The molecule has 1 aliphatic rings. The van der Waals surface area contributed by atoms with E-state index >= 15 is 0 Å². The van der Waals surface area contributed by atoms with Crippen molar-refractivity contribution in [3.63, 3.8) is 0 Å². The maximum Gasteiger partial charge on any atom is 0.237 e. The number of nitrogens with one attached hydrogen (secondary N) is 2. The zero-order valence-electron chi connectivity index (χ0n) is 12.6. The van der Waals surface area contributed by atoms with Gasteiger partial charge in [-0.15, -0.1) is 0 Å². The Morgan fingerprint density at radius 2 is 2.38 bits per heavy atom. The van der Waals surface area contributed by atoms with E-state index in [1.807, 2.05) is 18.2 Å². The molecule has 5 heteroatoms. The summed E-state index contributed by atoms with van der Waals surface area (Å²) in [5.74, 6) is 0.144. The van der Waals surface area contributed by atoms with E-state index in [1.165, 1.54) is 0 Å². The number of carbonyl (C=O) groups excluding carboxylic acids is 1. The summed E-state index contributed by atoms with van der Waals surface area (Å²) in [6, 6.07) is 6.48. The van der Waals surface area contributed by atoms with E-state index in [9.17, 15) is 4.79 Å². The van der Waals surface area contributed by atoms with E-state index in [-0.39, 0.29) is 11.9 Å². The number of likely N-dealkylation sites (tertiary alicyclic amines) is 1. The summed E-state index contributed by atoms with van der Waals surface area (Å²) in [5, 5.41) is 3.07. The molecule has 3 rings (SSSR count). The number of benzene rings is 1. The Bertz CT molecular complexity index is 634. The van der Waals surface area contributed by atoms with Gasteiger partial charge >= 0.3 is 0 Å². The van der Waals surface area contributed by atoms with Crippen LogP contribution >= 0.6 is 0 Å². The van der Waals surface area contributed by atoms with Gasteiger partial charge in [-0.2, -0.15) is 0 Å². The minimum absolute atomic E-state index is 0.0286. The Labute approximate surface area is 124 Å². The fraction of sp³-hybridized carbons (Fsp3) is 0.500. The topological polar surface area (TPSA) is 61.0 Å². The second-order valence-electron chi connectivity index (χ2n) is 5.96. The van der Waals surface area contributed by atoms with E-state index in [0.717, 1.165) is 36.0 Å². The number of nitrogens with zero attached hydrogens (tertiary/aromatic N) is 2. The average molecular weight is 286 g/mol. The maximum absolute atomic E-state index is 12.4. The number of hydrogen-bond donors (Lipinski definition) is 2. The molecule has 2 aromatic rings. The number of fused-ring (bicyclic) bond motifs is 1. The summed E-state index contributed by atoms with van der Waals surface area (Å²) in [4.78, 5) is 21.9. The van der Waals surface area contributed by atoms with Crippen LogP contribution in [0.4, 0.5) is 0 Å². The maximum atomic E-state index is 12.4. The van der Waals surface area contributed by atoms with Crippen LogP contribution in [0.25, 0.3) is 11.0 Å². The Hall–Kier alpha value is -1.88. The van der Waals surface area contributed by atoms with Crippen LogP contribution in [-0.4, -0.2) is 39.4 Å². The number of carbonyl (C=O) groups is 1. The molecule has 1 atom stereocenters. The first kappa shape index (κ1) is 14.1. The molecular formula is C16H22N4O. The van der Waals surface area contributed by atoms with Gasteiger partial charge in [-0.05, 0) is 50.9 Å². The fourth-order valence-corrected chi connectivity index (χ4v) is 3.09. The monoisotopic (exact) mass is 286 g/mol.